The van der Waals surface area contributed by atoms with Crippen molar-refractivity contribution in [1.82, 2.24) is 0 Å². The van der Waals surface area contributed by atoms with Gasteiger partial charge in [0.1, 0.15) is 11.9 Å². The molecular weight excluding hydrogens is 307 g/mol. The average Bonchev–Trinajstić information content (AvgIpc) is 2.50. The van der Waals surface area contributed by atoms with Crippen LogP contribution in [0.3, 0.4) is 0 Å². The number of aliphatic hydroxyl groups is 3. The van der Waals surface area contributed by atoms with Crippen molar-refractivity contribution in [3.05, 3.63) is 81.6 Å². The smallest absolute Gasteiger partial charge is 0.177 e. The monoisotopic (exact) mass is 320 g/mol. The van der Waals surface area contributed by atoms with Crippen molar-refractivity contribution in [3.8, 4) is 0 Å². The number of aliphatic hydroxyl groups excluding tert-OH is 2. The van der Waals surface area contributed by atoms with E-state index in [0.717, 1.165) is 11.6 Å². The minimum absolute atomic E-state index is 0.0306. The van der Waals surface area contributed by atoms with Gasteiger partial charge in [-0.2, -0.15) is 0 Å². The van der Waals surface area contributed by atoms with E-state index in [-0.39, 0.29) is 16.5 Å². The van der Waals surface area contributed by atoms with E-state index in [1.165, 1.54) is 6.07 Å². The molecule has 2 unspecified atom stereocenters. The van der Waals surface area contributed by atoms with Gasteiger partial charge in [-0.05, 0) is 28.8 Å². The van der Waals surface area contributed by atoms with Crippen LogP contribution in [0.1, 0.15) is 28.7 Å². The van der Waals surface area contributed by atoms with Crippen LogP contribution in [0.5, 0.6) is 0 Å². The molecule has 0 fully saturated rings. The van der Waals surface area contributed by atoms with Crippen molar-refractivity contribution in [1.29, 1.82) is 0 Å². The lowest BCUT2D eigenvalue weighted by atomic mass is 9.78. The number of benzene rings is 2. The maximum atomic E-state index is 13.8. The van der Waals surface area contributed by atoms with Crippen molar-refractivity contribution in [3.63, 3.8) is 0 Å². The van der Waals surface area contributed by atoms with Gasteiger partial charge in [0.05, 0.1) is 5.02 Å². The van der Waals surface area contributed by atoms with Gasteiger partial charge < -0.3 is 15.3 Å². The molecule has 3 rings (SSSR count). The second-order valence-corrected chi connectivity index (χ2v) is 5.63. The van der Waals surface area contributed by atoms with Crippen molar-refractivity contribution in [2.24, 2.45) is 0 Å². The number of fused-ring (bicyclic) bond motifs is 1. The van der Waals surface area contributed by atoms with Crippen molar-refractivity contribution >= 4 is 11.6 Å². The predicted molar refractivity (Wildman–Crippen MR) is 81.0 cm³/mol. The summed E-state index contributed by atoms with van der Waals surface area (Å²) in [5.41, 5.74) is 1.86. The zero-order chi connectivity index (χ0) is 15.9. The van der Waals surface area contributed by atoms with Crippen LogP contribution >= 0.6 is 11.6 Å². The minimum atomic E-state index is -1.81. The van der Waals surface area contributed by atoms with Crippen molar-refractivity contribution < 1.29 is 19.7 Å². The first-order valence-corrected chi connectivity index (χ1v) is 7.16. The molecule has 0 aliphatic heterocycles. The molecule has 0 amide bonds. The average molecular weight is 321 g/mol. The number of hydrogen-bond acceptors (Lipinski definition) is 3. The van der Waals surface area contributed by atoms with Crippen molar-refractivity contribution in [2.45, 2.75) is 18.3 Å². The summed E-state index contributed by atoms with van der Waals surface area (Å²) in [6, 6.07) is 12.0. The molecule has 3 N–H and O–H groups in total. The Kier molecular flexibility index (Phi) is 4.02. The number of halogens is 2. The maximum Gasteiger partial charge on any atom is 0.177 e. The molecule has 3 nitrogen and oxygen atoms in total. The highest BCUT2D eigenvalue weighted by Gasteiger charge is 2.31. The van der Waals surface area contributed by atoms with Gasteiger partial charge in [-0.3, -0.25) is 0 Å². The molecule has 1 aliphatic carbocycles. The summed E-state index contributed by atoms with van der Waals surface area (Å²) in [4.78, 5) is 0. The highest BCUT2D eigenvalue weighted by Crippen LogP contribution is 2.42. The number of rotatable bonds is 2. The number of hydrogen-bond donors (Lipinski definition) is 3. The van der Waals surface area contributed by atoms with Gasteiger partial charge in [0.2, 0.25) is 0 Å². The SMILES string of the molecule is OC(O)C1=CC(c2ccccc2)c2cc(Cl)c(F)cc2C1O. The summed E-state index contributed by atoms with van der Waals surface area (Å²) in [5.74, 6) is -0.991. The lowest BCUT2D eigenvalue weighted by Crippen LogP contribution is -2.23. The molecule has 0 aromatic heterocycles. The largest absolute Gasteiger partial charge is 0.384 e. The Morgan fingerprint density at radius 3 is 2.36 bits per heavy atom. The molecule has 2 aromatic rings. The fourth-order valence-electron chi connectivity index (χ4n) is 2.80. The van der Waals surface area contributed by atoms with Crippen LogP contribution in [0, 0.1) is 5.82 Å². The van der Waals surface area contributed by atoms with Crippen LogP contribution in [0.4, 0.5) is 4.39 Å². The zero-order valence-corrected chi connectivity index (χ0v) is 12.2. The molecule has 0 spiro atoms. The standard InChI is InChI=1S/C17H14ClFO3/c18-14-7-11-10(9-4-2-1-3-5-9)6-13(17(21)22)16(20)12(11)8-15(14)19/h1-8,10,16-17,20-22H. The molecule has 0 bridgehead atoms. The first-order valence-electron chi connectivity index (χ1n) is 6.78. The van der Waals surface area contributed by atoms with E-state index in [1.807, 2.05) is 30.3 Å². The second kappa shape index (κ2) is 5.82. The lowest BCUT2D eigenvalue weighted by molar-refractivity contribution is -0.0257. The molecular formula is C17H14ClFO3. The van der Waals surface area contributed by atoms with Gasteiger partial charge in [0.15, 0.2) is 6.29 Å². The van der Waals surface area contributed by atoms with Crippen LogP contribution in [0.15, 0.2) is 54.1 Å². The molecule has 2 aromatic carbocycles. The first kappa shape index (κ1) is 15.2. The van der Waals surface area contributed by atoms with Crippen LogP contribution in [0.2, 0.25) is 5.02 Å². The molecule has 114 valence electrons. The Morgan fingerprint density at radius 2 is 1.73 bits per heavy atom. The van der Waals surface area contributed by atoms with Crippen molar-refractivity contribution in [2.75, 3.05) is 0 Å². The third-order valence-electron chi connectivity index (χ3n) is 3.89. The topological polar surface area (TPSA) is 60.7 Å². The minimum Gasteiger partial charge on any atom is -0.384 e. The Balaban J connectivity index is 2.22. The van der Waals surface area contributed by atoms with Crippen LogP contribution in [-0.2, 0) is 0 Å². The summed E-state index contributed by atoms with van der Waals surface area (Å²) in [6.07, 6.45) is -1.50. The van der Waals surface area contributed by atoms with E-state index in [9.17, 15) is 19.7 Å². The second-order valence-electron chi connectivity index (χ2n) is 5.23. The van der Waals surface area contributed by atoms with E-state index in [0.29, 0.717) is 11.1 Å². The predicted octanol–water partition coefficient (Wildman–Crippen LogP) is 2.90. The molecule has 5 heteroatoms. The van der Waals surface area contributed by atoms with E-state index >= 15 is 0 Å². The van der Waals surface area contributed by atoms with Gasteiger partial charge in [0.25, 0.3) is 0 Å². The van der Waals surface area contributed by atoms with Gasteiger partial charge >= 0.3 is 0 Å². The summed E-state index contributed by atoms with van der Waals surface area (Å²) >= 11 is 5.87. The Morgan fingerprint density at radius 1 is 1.05 bits per heavy atom. The van der Waals surface area contributed by atoms with Gasteiger partial charge in [-0.15, -0.1) is 0 Å². The third-order valence-corrected chi connectivity index (χ3v) is 4.18. The zero-order valence-electron chi connectivity index (χ0n) is 11.4. The van der Waals surface area contributed by atoms with Gasteiger partial charge in [-0.1, -0.05) is 48.0 Å². The highest BCUT2D eigenvalue weighted by molar-refractivity contribution is 6.30. The highest BCUT2D eigenvalue weighted by atomic mass is 35.5. The Labute approximate surface area is 131 Å². The third kappa shape index (κ3) is 2.55. The Bertz CT molecular complexity index is 728. The molecule has 0 saturated heterocycles. The maximum absolute atomic E-state index is 13.8. The molecule has 22 heavy (non-hydrogen) atoms. The van der Waals surface area contributed by atoms with E-state index in [2.05, 4.69) is 0 Å². The van der Waals surface area contributed by atoms with E-state index in [1.54, 1.807) is 6.08 Å². The first-order chi connectivity index (χ1) is 10.5. The van der Waals surface area contributed by atoms with Crippen LogP contribution in [-0.4, -0.2) is 21.6 Å². The van der Waals surface area contributed by atoms with Gasteiger partial charge in [-0.25, -0.2) is 4.39 Å². The van der Waals surface area contributed by atoms with E-state index < -0.39 is 18.2 Å². The Hall–Kier alpha value is -1.72. The molecule has 0 saturated carbocycles. The summed E-state index contributed by atoms with van der Waals surface area (Å²) in [7, 11) is 0. The molecule has 0 radical (unpaired) electrons. The lowest BCUT2D eigenvalue weighted by Gasteiger charge is -2.30. The normalized spacial score (nSPS) is 20.7. The van der Waals surface area contributed by atoms with Gasteiger partial charge in [0, 0.05) is 11.5 Å². The molecule has 0 heterocycles. The van der Waals surface area contributed by atoms with E-state index in [4.69, 9.17) is 11.6 Å². The quantitative estimate of drug-likeness (QED) is 0.589. The van der Waals surface area contributed by atoms with Crippen LogP contribution < -0.4 is 0 Å². The summed E-state index contributed by atoms with van der Waals surface area (Å²) in [5, 5.41) is 29.2. The number of allylic oxidation sites excluding steroid dienone is 1. The summed E-state index contributed by atoms with van der Waals surface area (Å²) in [6.45, 7) is 0. The summed E-state index contributed by atoms with van der Waals surface area (Å²) < 4.78 is 13.8. The molecule has 2 atom stereocenters. The fraction of sp³-hybridized carbons (Fsp3) is 0.176. The van der Waals surface area contributed by atoms with Crippen LogP contribution in [0.25, 0.3) is 0 Å². The molecule has 1 aliphatic rings. The fourth-order valence-corrected chi connectivity index (χ4v) is 2.97.